The Hall–Kier alpha value is -1.92. The first-order valence-electron chi connectivity index (χ1n) is 8.85. The number of hydrogen-bond acceptors (Lipinski definition) is 4. The maximum Gasteiger partial charge on any atom is 0.226 e. The largest absolute Gasteiger partial charge is 0.342 e. The summed E-state index contributed by atoms with van der Waals surface area (Å²) in [5, 5.41) is 12.8. The van der Waals surface area contributed by atoms with Crippen LogP contribution in [0.25, 0.3) is 0 Å². The van der Waals surface area contributed by atoms with Gasteiger partial charge in [0.15, 0.2) is 0 Å². The summed E-state index contributed by atoms with van der Waals surface area (Å²) in [4.78, 5) is 14.5. The van der Waals surface area contributed by atoms with Gasteiger partial charge in [0.2, 0.25) is 5.91 Å². The molecule has 2 aliphatic heterocycles. The number of rotatable bonds is 3. The van der Waals surface area contributed by atoms with Crippen LogP contribution < -0.4 is 5.32 Å². The highest BCUT2D eigenvalue weighted by molar-refractivity contribution is 6.30. The quantitative estimate of drug-likeness (QED) is 0.910. The van der Waals surface area contributed by atoms with Crippen molar-refractivity contribution in [1.82, 2.24) is 25.0 Å². The van der Waals surface area contributed by atoms with E-state index >= 15 is 0 Å². The normalized spacial score (nSPS) is 18.2. The summed E-state index contributed by atoms with van der Waals surface area (Å²) in [5.41, 5.74) is 1.01. The molecular weight excluding hydrogens is 338 g/mol. The van der Waals surface area contributed by atoms with Crippen LogP contribution in [0, 0.1) is 0 Å². The molecule has 1 fully saturated rings. The van der Waals surface area contributed by atoms with Gasteiger partial charge in [0.25, 0.3) is 0 Å². The summed E-state index contributed by atoms with van der Waals surface area (Å²) in [6.45, 7) is 4.28. The standard InChI is InChI=1S/C18H22ClN5O/c19-15-3-1-13(2-4-15)11-17(25)23-8-5-14(6-9-23)18-22-21-16-12-20-7-10-24(16)18/h1-4,14,20H,5-12H2. The van der Waals surface area contributed by atoms with Gasteiger partial charge >= 0.3 is 0 Å². The van der Waals surface area contributed by atoms with E-state index in [2.05, 4.69) is 20.1 Å². The highest BCUT2D eigenvalue weighted by atomic mass is 35.5. The monoisotopic (exact) mass is 359 g/mol. The van der Waals surface area contributed by atoms with Crippen molar-refractivity contribution in [1.29, 1.82) is 0 Å². The van der Waals surface area contributed by atoms with Gasteiger partial charge in [-0.2, -0.15) is 0 Å². The number of nitrogens with zero attached hydrogens (tertiary/aromatic N) is 4. The molecule has 0 unspecified atom stereocenters. The molecule has 4 rings (SSSR count). The smallest absolute Gasteiger partial charge is 0.226 e. The van der Waals surface area contributed by atoms with E-state index < -0.39 is 0 Å². The van der Waals surface area contributed by atoms with Gasteiger partial charge in [-0.3, -0.25) is 4.79 Å². The molecule has 6 nitrogen and oxygen atoms in total. The predicted octanol–water partition coefficient (Wildman–Crippen LogP) is 1.98. The zero-order valence-electron chi connectivity index (χ0n) is 14.1. The number of fused-ring (bicyclic) bond motifs is 1. The zero-order chi connectivity index (χ0) is 17.2. The highest BCUT2D eigenvalue weighted by Crippen LogP contribution is 2.28. The minimum absolute atomic E-state index is 0.188. The number of nitrogens with one attached hydrogen (secondary N) is 1. The van der Waals surface area contributed by atoms with Gasteiger partial charge in [-0.05, 0) is 30.5 Å². The lowest BCUT2D eigenvalue weighted by molar-refractivity contribution is -0.131. The second kappa shape index (κ2) is 7.14. The van der Waals surface area contributed by atoms with Crippen molar-refractivity contribution in [2.24, 2.45) is 0 Å². The third-order valence-corrected chi connectivity index (χ3v) is 5.38. The Morgan fingerprint density at radius 2 is 1.92 bits per heavy atom. The third kappa shape index (κ3) is 3.55. The lowest BCUT2D eigenvalue weighted by Gasteiger charge is -2.32. The number of amides is 1. The van der Waals surface area contributed by atoms with Crippen LogP contribution in [0.1, 0.15) is 36.0 Å². The van der Waals surface area contributed by atoms with E-state index in [-0.39, 0.29) is 5.91 Å². The number of carbonyl (C=O) groups is 1. The molecule has 1 N–H and O–H groups in total. The number of aromatic nitrogens is 3. The van der Waals surface area contributed by atoms with Gasteiger partial charge < -0.3 is 14.8 Å². The van der Waals surface area contributed by atoms with Gasteiger partial charge in [0.05, 0.1) is 13.0 Å². The van der Waals surface area contributed by atoms with Crippen LogP contribution in [-0.2, 0) is 24.3 Å². The van der Waals surface area contributed by atoms with Gasteiger partial charge in [0.1, 0.15) is 11.6 Å². The van der Waals surface area contributed by atoms with Crippen LogP contribution in [0.4, 0.5) is 0 Å². The fourth-order valence-electron chi connectivity index (χ4n) is 3.69. The summed E-state index contributed by atoms with van der Waals surface area (Å²) in [7, 11) is 0. The molecule has 25 heavy (non-hydrogen) atoms. The molecule has 0 atom stereocenters. The Morgan fingerprint density at radius 1 is 1.16 bits per heavy atom. The number of benzene rings is 1. The van der Waals surface area contributed by atoms with E-state index in [1.807, 2.05) is 29.2 Å². The number of halogens is 1. The van der Waals surface area contributed by atoms with Crippen molar-refractivity contribution in [3.63, 3.8) is 0 Å². The summed E-state index contributed by atoms with van der Waals surface area (Å²) < 4.78 is 2.26. The summed E-state index contributed by atoms with van der Waals surface area (Å²) in [5.74, 6) is 2.72. The van der Waals surface area contributed by atoms with E-state index in [9.17, 15) is 4.79 Å². The van der Waals surface area contributed by atoms with Crippen LogP contribution in [0.3, 0.4) is 0 Å². The molecule has 1 amide bonds. The molecule has 1 aromatic carbocycles. The fourth-order valence-corrected chi connectivity index (χ4v) is 3.82. The molecule has 0 spiro atoms. The van der Waals surface area contributed by atoms with E-state index in [1.165, 1.54) is 0 Å². The lowest BCUT2D eigenvalue weighted by atomic mass is 9.95. The highest BCUT2D eigenvalue weighted by Gasteiger charge is 2.28. The summed E-state index contributed by atoms with van der Waals surface area (Å²) in [6, 6.07) is 7.51. The first-order valence-corrected chi connectivity index (χ1v) is 9.23. The van der Waals surface area contributed by atoms with Crippen LogP contribution in [-0.4, -0.2) is 45.2 Å². The summed E-state index contributed by atoms with van der Waals surface area (Å²) in [6.07, 6.45) is 2.35. The van der Waals surface area contributed by atoms with Crippen molar-refractivity contribution in [2.75, 3.05) is 19.6 Å². The van der Waals surface area contributed by atoms with Crippen molar-refractivity contribution in [2.45, 2.75) is 38.3 Å². The second-order valence-electron chi connectivity index (χ2n) is 6.76. The Morgan fingerprint density at radius 3 is 2.68 bits per heavy atom. The summed E-state index contributed by atoms with van der Waals surface area (Å²) >= 11 is 5.90. The molecule has 2 aromatic rings. The van der Waals surface area contributed by atoms with Crippen molar-refractivity contribution >= 4 is 17.5 Å². The first-order chi connectivity index (χ1) is 12.2. The van der Waals surface area contributed by atoms with E-state index in [1.54, 1.807) is 0 Å². The maximum absolute atomic E-state index is 12.5. The predicted molar refractivity (Wildman–Crippen MR) is 95.4 cm³/mol. The number of hydrogen-bond donors (Lipinski definition) is 1. The van der Waals surface area contributed by atoms with Crippen molar-refractivity contribution in [3.05, 3.63) is 46.5 Å². The molecule has 1 aromatic heterocycles. The molecule has 2 aliphatic rings. The topological polar surface area (TPSA) is 63.1 Å². The van der Waals surface area contributed by atoms with E-state index in [4.69, 9.17) is 11.6 Å². The molecule has 7 heteroatoms. The zero-order valence-corrected chi connectivity index (χ0v) is 14.9. The second-order valence-corrected chi connectivity index (χ2v) is 7.20. The molecule has 0 saturated carbocycles. The van der Waals surface area contributed by atoms with Gasteiger partial charge in [-0.1, -0.05) is 23.7 Å². The van der Waals surface area contributed by atoms with E-state index in [0.29, 0.717) is 17.4 Å². The minimum atomic E-state index is 0.188. The van der Waals surface area contributed by atoms with Crippen LogP contribution >= 0.6 is 11.6 Å². The Kier molecular flexibility index (Phi) is 4.72. The SMILES string of the molecule is O=C(Cc1ccc(Cl)cc1)N1CCC(c2nnc3n2CCNC3)CC1. The molecule has 132 valence electrons. The molecule has 0 radical (unpaired) electrons. The Bertz CT molecular complexity index is 749. The average molecular weight is 360 g/mol. The molecule has 0 aliphatic carbocycles. The van der Waals surface area contributed by atoms with Crippen molar-refractivity contribution in [3.8, 4) is 0 Å². The molecule has 3 heterocycles. The van der Waals surface area contributed by atoms with Gasteiger partial charge in [0, 0.05) is 37.1 Å². The Labute approximate surface area is 152 Å². The molecule has 1 saturated heterocycles. The lowest BCUT2D eigenvalue weighted by Crippen LogP contribution is -2.39. The third-order valence-electron chi connectivity index (χ3n) is 5.13. The average Bonchev–Trinajstić information content (AvgIpc) is 3.08. The number of likely N-dealkylation sites (tertiary alicyclic amines) is 1. The van der Waals surface area contributed by atoms with Gasteiger partial charge in [-0.25, -0.2) is 0 Å². The van der Waals surface area contributed by atoms with Crippen LogP contribution in [0.5, 0.6) is 0 Å². The molecular formula is C18H22ClN5O. The molecule has 0 bridgehead atoms. The Balaban J connectivity index is 1.35. The first kappa shape index (κ1) is 16.5. The van der Waals surface area contributed by atoms with Crippen LogP contribution in [0.15, 0.2) is 24.3 Å². The maximum atomic E-state index is 12.5. The number of piperidine rings is 1. The number of carbonyl (C=O) groups excluding carboxylic acids is 1. The fraction of sp³-hybridized carbons (Fsp3) is 0.500. The van der Waals surface area contributed by atoms with Gasteiger partial charge in [-0.15, -0.1) is 10.2 Å². The van der Waals surface area contributed by atoms with E-state index in [0.717, 1.165) is 62.8 Å². The minimum Gasteiger partial charge on any atom is -0.342 e. The van der Waals surface area contributed by atoms with Crippen LogP contribution in [0.2, 0.25) is 5.02 Å². The van der Waals surface area contributed by atoms with Crippen molar-refractivity contribution < 1.29 is 4.79 Å².